The van der Waals surface area contributed by atoms with Crippen molar-refractivity contribution in [1.82, 2.24) is 10.6 Å². The van der Waals surface area contributed by atoms with Gasteiger partial charge in [-0.25, -0.2) is 10.2 Å². The predicted molar refractivity (Wildman–Crippen MR) is 89.2 cm³/mol. The number of benzene rings is 1. The lowest BCUT2D eigenvalue weighted by atomic mass is 10.2. The second-order valence-corrected chi connectivity index (χ2v) is 5.43. The van der Waals surface area contributed by atoms with Crippen molar-refractivity contribution in [3.63, 3.8) is 0 Å². The zero-order chi connectivity index (χ0) is 17.7. The Labute approximate surface area is 139 Å². The van der Waals surface area contributed by atoms with Gasteiger partial charge in [-0.05, 0) is 12.1 Å². The molecule has 1 aromatic carbocycles. The Morgan fingerprint density at radius 2 is 2.29 bits per heavy atom. The summed E-state index contributed by atoms with van der Waals surface area (Å²) in [5.74, 6) is 5.01. The molecule has 6 N–H and O–H groups in total. The molecular formula is C15H21FN6O2. The van der Waals surface area contributed by atoms with E-state index in [9.17, 15) is 14.0 Å². The first-order valence-corrected chi connectivity index (χ1v) is 7.42. The molecule has 0 spiro atoms. The summed E-state index contributed by atoms with van der Waals surface area (Å²) in [5.41, 5.74) is 6.80. The molecule has 1 heterocycles. The Bertz CT molecular complexity index is 663. The van der Waals surface area contributed by atoms with Crippen molar-refractivity contribution >= 4 is 23.2 Å². The van der Waals surface area contributed by atoms with E-state index in [1.807, 2.05) is 0 Å². The molecule has 1 saturated heterocycles. The fourth-order valence-corrected chi connectivity index (χ4v) is 2.28. The molecular weight excluding hydrogens is 315 g/mol. The van der Waals surface area contributed by atoms with E-state index in [1.54, 1.807) is 17.0 Å². The molecule has 2 rings (SSSR count). The molecule has 0 atom stereocenters. The number of nitrogens with two attached hydrogens (primary N) is 2. The lowest BCUT2D eigenvalue weighted by Gasteiger charge is -2.29. The summed E-state index contributed by atoms with van der Waals surface area (Å²) < 4.78 is 14.3. The number of carbonyl (C=O) groups is 2. The van der Waals surface area contributed by atoms with Crippen LogP contribution in [0.5, 0.6) is 0 Å². The Hall–Kier alpha value is -2.81. The average molecular weight is 336 g/mol. The Kier molecular flexibility index (Phi) is 5.59. The third-order valence-electron chi connectivity index (χ3n) is 3.45. The maximum atomic E-state index is 14.3. The summed E-state index contributed by atoms with van der Waals surface area (Å²) in [7, 11) is 0. The number of hydrogen-bond donors (Lipinski definition) is 4. The summed E-state index contributed by atoms with van der Waals surface area (Å²) in [4.78, 5) is 23.9. The van der Waals surface area contributed by atoms with Crippen LogP contribution in [0.25, 0.3) is 0 Å². The maximum absolute atomic E-state index is 14.3. The van der Waals surface area contributed by atoms with E-state index in [0.29, 0.717) is 30.2 Å². The fraction of sp³-hybridized carbons (Fsp3) is 0.333. The lowest BCUT2D eigenvalue weighted by Crippen LogP contribution is -2.48. The van der Waals surface area contributed by atoms with Gasteiger partial charge in [0.15, 0.2) is 0 Å². The normalized spacial score (nSPS) is 15.0. The van der Waals surface area contributed by atoms with Crippen LogP contribution in [0.2, 0.25) is 0 Å². The van der Waals surface area contributed by atoms with E-state index >= 15 is 0 Å². The summed E-state index contributed by atoms with van der Waals surface area (Å²) >= 11 is 0. The summed E-state index contributed by atoms with van der Waals surface area (Å²) in [6.45, 7) is 2.66. The van der Waals surface area contributed by atoms with E-state index in [4.69, 9.17) is 11.6 Å². The van der Waals surface area contributed by atoms with Gasteiger partial charge in [-0.3, -0.25) is 14.6 Å². The SMILES string of the molecule is CC(=O)NC/C(N)=C/N(N)c1ccc(N2CCNC(=O)C2)c(F)c1. The van der Waals surface area contributed by atoms with Crippen molar-refractivity contribution in [2.75, 3.05) is 36.1 Å². The molecule has 1 fully saturated rings. The summed E-state index contributed by atoms with van der Waals surface area (Å²) in [5, 5.41) is 6.40. The molecule has 9 heteroatoms. The minimum Gasteiger partial charge on any atom is -0.399 e. The number of halogens is 1. The molecule has 1 aromatic rings. The fourth-order valence-electron chi connectivity index (χ4n) is 2.28. The van der Waals surface area contributed by atoms with Gasteiger partial charge in [-0.15, -0.1) is 0 Å². The molecule has 0 aromatic heterocycles. The second-order valence-electron chi connectivity index (χ2n) is 5.43. The van der Waals surface area contributed by atoms with Crippen LogP contribution in [0.4, 0.5) is 15.8 Å². The molecule has 1 aliphatic rings. The van der Waals surface area contributed by atoms with Gasteiger partial charge >= 0.3 is 0 Å². The molecule has 2 amide bonds. The van der Waals surface area contributed by atoms with Crippen molar-refractivity contribution < 1.29 is 14.0 Å². The molecule has 1 aliphatic heterocycles. The van der Waals surface area contributed by atoms with Crippen molar-refractivity contribution in [2.24, 2.45) is 11.6 Å². The van der Waals surface area contributed by atoms with Crippen LogP contribution >= 0.6 is 0 Å². The molecule has 130 valence electrons. The van der Waals surface area contributed by atoms with Crippen LogP contribution in [0.1, 0.15) is 6.92 Å². The van der Waals surface area contributed by atoms with E-state index in [2.05, 4.69) is 10.6 Å². The van der Waals surface area contributed by atoms with Gasteiger partial charge in [0.1, 0.15) is 5.82 Å². The summed E-state index contributed by atoms with van der Waals surface area (Å²) in [6, 6.07) is 4.47. The minimum absolute atomic E-state index is 0.117. The van der Waals surface area contributed by atoms with Gasteiger partial charge in [0.2, 0.25) is 11.8 Å². The quantitative estimate of drug-likeness (QED) is 0.420. The van der Waals surface area contributed by atoms with Gasteiger partial charge < -0.3 is 21.3 Å². The Morgan fingerprint density at radius 3 is 2.92 bits per heavy atom. The summed E-state index contributed by atoms with van der Waals surface area (Å²) in [6.07, 6.45) is 1.40. The van der Waals surface area contributed by atoms with Gasteiger partial charge in [0, 0.05) is 38.0 Å². The first-order chi connectivity index (χ1) is 11.4. The van der Waals surface area contributed by atoms with Gasteiger partial charge in [-0.2, -0.15) is 0 Å². The second kappa shape index (κ2) is 7.64. The van der Waals surface area contributed by atoms with Crippen LogP contribution < -0.4 is 32.1 Å². The number of anilines is 2. The number of carbonyl (C=O) groups excluding carboxylic acids is 2. The highest BCUT2D eigenvalue weighted by atomic mass is 19.1. The first-order valence-electron chi connectivity index (χ1n) is 7.42. The molecule has 24 heavy (non-hydrogen) atoms. The monoisotopic (exact) mass is 336 g/mol. The number of rotatable bonds is 5. The van der Waals surface area contributed by atoms with Crippen molar-refractivity contribution in [2.45, 2.75) is 6.92 Å². The van der Waals surface area contributed by atoms with Crippen LogP contribution in [-0.2, 0) is 9.59 Å². The van der Waals surface area contributed by atoms with Crippen molar-refractivity contribution in [3.8, 4) is 0 Å². The molecule has 0 unspecified atom stereocenters. The molecule has 0 radical (unpaired) electrons. The maximum Gasteiger partial charge on any atom is 0.239 e. The zero-order valence-electron chi connectivity index (χ0n) is 13.4. The minimum atomic E-state index is -0.480. The van der Waals surface area contributed by atoms with E-state index in [1.165, 1.54) is 24.2 Å². The Morgan fingerprint density at radius 1 is 1.54 bits per heavy atom. The topological polar surface area (TPSA) is 117 Å². The third-order valence-corrected chi connectivity index (χ3v) is 3.45. The highest BCUT2D eigenvalue weighted by Crippen LogP contribution is 2.24. The highest BCUT2D eigenvalue weighted by molar-refractivity contribution is 5.82. The Balaban J connectivity index is 2.09. The number of amides is 2. The molecule has 0 bridgehead atoms. The number of hydrazine groups is 1. The first kappa shape index (κ1) is 17.5. The standard InChI is InChI=1S/C15H21FN6O2/c1-10(23)20-7-11(17)8-22(18)12-2-3-14(13(16)6-12)21-5-4-19-15(24)9-21/h2-3,6,8H,4-5,7,9,17-18H2,1H3,(H,19,24)(H,20,23)/b11-8-. The average Bonchev–Trinajstić information content (AvgIpc) is 2.52. The predicted octanol–water partition coefficient (Wildman–Crippen LogP) is -0.622. The largest absolute Gasteiger partial charge is 0.399 e. The van der Waals surface area contributed by atoms with E-state index in [0.717, 1.165) is 0 Å². The molecule has 0 aliphatic carbocycles. The lowest BCUT2D eigenvalue weighted by molar-refractivity contribution is -0.120. The van der Waals surface area contributed by atoms with Crippen LogP contribution in [0, 0.1) is 5.82 Å². The number of hydrogen-bond acceptors (Lipinski definition) is 6. The molecule has 0 saturated carbocycles. The van der Waals surface area contributed by atoms with Gasteiger partial charge in [0.05, 0.1) is 24.5 Å². The smallest absolute Gasteiger partial charge is 0.239 e. The van der Waals surface area contributed by atoms with E-state index in [-0.39, 0.29) is 24.9 Å². The van der Waals surface area contributed by atoms with Crippen LogP contribution in [0.15, 0.2) is 30.1 Å². The van der Waals surface area contributed by atoms with Crippen LogP contribution in [0.3, 0.4) is 0 Å². The van der Waals surface area contributed by atoms with Crippen molar-refractivity contribution in [3.05, 3.63) is 35.9 Å². The van der Waals surface area contributed by atoms with Crippen molar-refractivity contribution in [1.29, 1.82) is 0 Å². The molecule has 8 nitrogen and oxygen atoms in total. The van der Waals surface area contributed by atoms with Gasteiger partial charge in [-0.1, -0.05) is 0 Å². The zero-order valence-corrected chi connectivity index (χ0v) is 13.4. The highest BCUT2D eigenvalue weighted by Gasteiger charge is 2.19. The number of piperazine rings is 1. The van der Waals surface area contributed by atoms with Gasteiger partial charge in [0.25, 0.3) is 0 Å². The number of nitrogens with one attached hydrogen (secondary N) is 2. The number of nitrogens with zero attached hydrogens (tertiary/aromatic N) is 2. The van der Waals surface area contributed by atoms with Crippen LogP contribution in [-0.4, -0.2) is 38.0 Å². The van der Waals surface area contributed by atoms with E-state index < -0.39 is 5.82 Å². The third kappa shape index (κ3) is 4.59.